The smallest absolute Gasteiger partial charge is 0.231 e. The maximum atomic E-state index is 13.3. The van der Waals surface area contributed by atoms with Crippen LogP contribution in [0.2, 0.25) is 0 Å². The highest BCUT2D eigenvalue weighted by Gasteiger charge is 2.65. The molecule has 2 bridgehead atoms. The van der Waals surface area contributed by atoms with Gasteiger partial charge in [-0.25, -0.2) is 8.42 Å². The second-order valence-electron chi connectivity index (χ2n) is 9.79. The number of benzene rings is 1. The van der Waals surface area contributed by atoms with Gasteiger partial charge in [-0.05, 0) is 41.9 Å². The lowest BCUT2D eigenvalue weighted by molar-refractivity contribution is -0.128. The van der Waals surface area contributed by atoms with E-state index in [4.69, 9.17) is 9.47 Å². The van der Waals surface area contributed by atoms with E-state index in [0.29, 0.717) is 44.9 Å². The number of ether oxygens (including phenoxy) is 2. The van der Waals surface area contributed by atoms with Gasteiger partial charge in [-0.2, -0.15) is 4.31 Å². The summed E-state index contributed by atoms with van der Waals surface area (Å²) in [5, 5.41) is 0. The van der Waals surface area contributed by atoms with Gasteiger partial charge in [0.2, 0.25) is 16.8 Å². The van der Waals surface area contributed by atoms with Crippen LogP contribution in [-0.2, 0) is 21.4 Å². The molecule has 8 heteroatoms. The van der Waals surface area contributed by atoms with E-state index in [1.807, 2.05) is 18.2 Å². The Hall–Kier alpha value is -1.64. The number of sulfonamides is 1. The van der Waals surface area contributed by atoms with Crippen LogP contribution in [0.4, 0.5) is 0 Å². The van der Waals surface area contributed by atoms with E-state index in [0.717, 1.165) is 30.0 Å². The molecule has 2 atom stereocenters. The predicted octanol–water partition coefficient (Wildman–Crippen LogP) is 2.26. The van der Waals surface area contributed by atoms with E-state index in [1.165, 1.54) is 0 Å². The number of hydrogen-bond acceptors (Lipinski definition) is 6. The number of nitrogens with zero attached hydrogens (tertiary/aromatic N) is 2. The van der Waals surface area contributed by atoms with E-state index in [1.54, 1.807) is 4.31 Å². The molecule has 0 unspecified atom stereocenters. The zero-order chi connectivity index (χ0) is 21.1. The third-order valence-corrected chi connectivity index (χ3v) is 10.1. The van der Waals surface area contributed by atoms with Crippen molar-refractivity contribution in [2.24, 2.45) is 16.7 Å². The molecule has 0 aromatic heterocycles. The summed E-state index contributed by atoms with van der Waals surface area (Å²) >= 11 is 0. The Morgan fingerprint density at radius 1 is 1.10 bits per heavy atom. The molecule has 0 amide bonds. The summed E-state index contributed by atoms with van der Waals surface area (Å²) in [5.74, 6) is 2.01. The van der Waals surface area contributed by atoms with Crippen molar-refractivity contribution < 1.29 is 22.7 Å². The average molecular weight is 435 g/mol. The zero-order valence-corrected chi connectivity index (χ0v) is 18.5. The van der Waals surface area contributed by atoms with Gasteiger partial charge in [-0.1, -0.05) is 19.9 Å². The summed E-state index contributed by atoms with van der Waals surface area (Å²) in [6.45, 7) is 7.50. The number of carbonyl (C=O) groups is 1. The number of Topliss-reactive ketones (excluding diaryl/α,β-unsaturated/α-hetero) is 1. The highest BCUT2D eigenvalue weighted by atomic mass is 32.2. The average Bonchev–Trinajstić information content (AvgIpc) is 3.31. The third kappa shape index (κ3) is 3.07. The molecule has 1 aromatic rings. The first kappa shape index (κ1) is 20.3. The van der Waals surface area contributed by atoms with Gasteiger partial charge in [0.15, 0.2) is 11.5 Å². The van der Waals surface area contributed by atoms with Crippen LogP contribution < -0.4 is 9.47 Å². The minimum absolute atomic E-state index is 0.0233. The number of rotatable bonds is 5. The molecule has 2 heterocycles. The molecule has 0 spiro atoms. The van der Waals surface area contributed by atoms with Crippen molar-refractivity contribution in [2.75, 3.05) is 38.7 Å². The molecule has 1 aromatic carbocycles. The van der Waals surface area contributed by atoms with Gasteiger partial charge in [0.1, 0.15) is 5.78 Å². The zero-order valence-electron chi connectivity index (χ0n) is 17.7. The van der Waals surface area contributed by atoms with Crippen molar-refractivity contribution in [2.45, 2.75) is 39.7 Å². The first-order valence-electron chi connectivity index (χ1n) is 10.8. The first-order chi connectivity index (χ1) is 14.2. The Bertz CT molecular complexity index is 968. The van der Waals surface area contributed by atoms with Gasteiger partial charge in [0.05, 0.1) is 5.75 Å². The molecule has 164 valence electrons. The Balaban J connectivity index is 1.22. The molecule has 7 nitrogen and oxygen atoms in total. The van der Waals surface area contributed by atoms with Gasteiger partial charge in [0, 0.05) is 44.6 Å². The van der Waals surface area contributed by atoms with Crippen molar-refractivity contribution in [3.05, 3.63) is 23.8 Å². The molecule has 5 rings (SSSR count). The van der Waals surface area contributed by atoms with Crippen LogP contribution in [0.25, 0.3) is 0 Å². The standard InChI is InChI=1S/C22H30N2O5S/c1-21(2)17-5-6-22(21,20(25)12-17)14-30(26,27)24-9-7-23(8-10-24)13-16-3-4-18-19(11-16)29-15-28-18/h3-4,11,17H,5-10,12-15H2,1-2H3/t17-,22+/m0/s1. The number of fused-ring (bicyclic) bond motifs is 3. The van der Waals surface area contributed by atoms with Crippen LogP contribution >= 0.6 is 0 Å². The van der Waals surface area contributed by atoms with Gasteiger partial charge >= 0.3 is 0 Å². The van der Waals surface area contributed by atoms with Crippen molar-refractivity contribution in [3.63, 3.8) is 0 Å². The molecule has 2 aliphatic heterocycles. The minimum atomic E-state index is -3.47. The molecule has 2 aliphatic carbocycles. The van der Waals surface area contributed by atoms with Crippen LogP contribution in [0, 0.1) is 16.7 Å². The molecule has 0 radical (unpaired) electrons. The molecule has 3 fully saturated rings. The number of carbonyl (C=O) groups excluding carboxylic acids is 1. The van der Waals surface area contributed by atoms with Crippen LogP contribution in [-0.4, -0.2) is 62.1 Å². The van der Waals surface area contributed by atoms with E-state index >= 15 is 0 Å². The quantitative estimate of drug-likeness (QED) is 0.708. The summed E-state index contributed by atoms with van der Waals surface area (Å²) in [6, 6.07) is 5.95. The number of hydrogen-bond donors (Lipinski definition) is 0. The summed E-state index contributed by atoms with van der Waals surface area (Å²) < 4.78 is 39.0. The molecular formula is C22H30N2O5S. The maximum absolute atomic E-state index is 13.3. The second-order valence-corrected chi connectivity index (χ2v) is 11.8. The van der Waals surface area contributed by atoms with E-state index in [2.05, 4.69) is 18.7 Å². The van der Waals surface area contributed by atoms with Crippen molar-refractivity contribution in [1.29, 1.82) is 0 Å². The molecule has 4 aliphatic rings. The number of piperazine rings is 1. The van der Waals surface area contributed by atoms with Gasteiger partial charge in [-0.15, -0.1) is 0 Å². The van der Waals surface area contributed by atoms with E-state index in [9.17, 15) is 13.2 Å². The second kappa shape index (κ2) is 6.93. The Morgan fingerprint density at radius 2 is 1.83 bits per heavy atom. The molecule has 1 saturated heterocycles. The lowest BCUT2D eigenvalue weighted by Gasteiger charge is -2.39. The highest BCUT2D eigenvalue weighted by Crippen LogP contribution is 2.64. The van der Waals surface area contributed by atoms with Crippen LogP contribution in [0.3, 0.4) is 0 Å². The fourth-order valence-corrected chi connectivity index (χ4v) is 8.18. The molecule has 30 heavy (non-hydrogen) atoms. The molecule has 0 N–H and O–H groups in total. The summed E-state index contributed by atoms with van der Waals surface area (Å²) in [4.78, 5) is 15.0. The van der Waals surface area contributed by atoms with Crippen LogP contribution in [0.1, 0.15) is 38.7 Å². The predicted molar refractivity (Wildman–Crippen MR) is 112 cm³/mol. The van der Waals surface area contributed by atoms with E-state index in [-0.39, 0.29) is 23.7 Å². The lowest BCUT2D eigenvalue weighted by atomic mass is 9.70. The minimum Gasteiger partial charge on any atom is -0.454 e. The highest BCUT2D eigenvalue weighted by molar-refractivity contribution is 7.89. The van der Waals surface area contributed by atoms with Crippen molar-refractivity contribution in [3.8, 4) is 11.5 Å². The fraction of sp³-hybridized carbons (Fsp3) is 0.682. The lowest BCUT2D eigenvalue weighted by Crippen LogP contribution is -2.52. The molecular weight excluding hydrogens is 404 g/mol. The summed E-state index contributed by atoms with van der Waals surface area (Å²) in [7, 11) is -3.47. The first-order valence-corrected chi connectivity index (χ1v) is 12.4. The monoisotopic (exact) mass is 434 g/mol. The third-order valence-electron chi connectivity index (χ3n) is 8.14. The van der Waals surface area contributed by atoms with Gasteiger partial charge in [0.25, 0.3) is 0 Å². The van der Waals surface area contributed by atoms with Crippen molar-refractivity contribution >= 4 is 15.8 Å². The Kier molecular flexibility index (Phi) is 4.69. The summed E-state index contributed by atoms with van der Waals surface area (Å²) in [6.07, 6.45) is 2.23. The number of ketones is 1. The Labute approximate surface area is 178 Å². The topological polar surface area (TPSA) is 76.2 Å². The Morgan fingerprint density at radius 3 is 2.50 bits per heavy atom. The SMILES string of the molecule is CC1(C)[C@H]2CC[C@@]1(CS(=O)(=O)N1CCN(Cc3ccc4c(c3)OCO4)CC1)C(=O)C2. The normalized spacial score (nSPS) is 30.9. The molecule has 2 saturated carbocycles. The van der Waals surface area contributed by atoms with Crippen molar-refractivity contribution in [1.82, 2.24) is 9.21 Å². The fourth-order valence-electron chi connectivity index (χ4n) is 5.97. The largest absolute Gasteiger partial charge is 0.454 e. The van der Waals surface area contributed by atoms with E-state index < -0.39 is 15.4 Å². The van der Waals surface area contributed by atoms with Crippen LogP contribution in [0.15, 0.2) is 18.2 Å². The summed E-state index contributed by atoms with van der Waals surface area (Å²) in [5.41, 5.74) is 0.211. The maximum Gasteiger partial charge on any atom is 0.231 e. The van der Waals surface area contributed by atoms with Gasteiger partial charge in [-0.3, -0.25) is 9.69 Å². The van der Waals surface area contributed by atoms with Gasteiger partial charge < -0.3 is 9.47 Å². The van der Waals surface area contributed by atoms with Crippen LogP contribution in [0.5, 0.6) is 11.5 Å².